The molecule has 104 valence electrons. The van der Waals surface area contributed by atoms with E-state index in [1.54, 1.807) is 0 Å². The van der Waals surface area contributed by atoms with Crippen LogP contribution < -0.4 is 5.32 Å². The summed E-state index contributed by atoms with van der Waals surface area (Å²) in [6, 6.07) is 0. The molecule has 4 heteroatoms. The Hall–Kier alpha value is -1.03. The van der Waals surface area contributed by atoms with E-state index in [2.05, 4.69) is 60.8 Å². The summed E-state index contributed by atoms with van der Waals surface area (Å²) >= 11 is 0. The molecule has 0 spiro atoms. The second-order valence-corrected chi connectivity index (χ2v) is 5.82. The van der Waals surface area contributed by atoms with Gasteiger partial charge in [0, 0.05) is 24.8 Å². The smallest absolute Gasteiger partial charge is 0.203 e. The number of anilines is 1. The quantitative estimate of drug-likeness (QED) is 0.758. The summed E-state index contributed by atoms with van der Waals surface area (Å²) in [4.78, 5) is 6.81. The number of unbranched alkanes of at least 4 members (excludes halogenated alkanes) is 1. The lowest BCUT2D eigenvalue weighted by Gasteiger charge is -2.33. The summed E-state index contributed by atoms with van der Waals surface area (Å²) in [6.07, 6.45) is 4.51. The summed E-state index contributed by atoms with van der Waals surface area (Å²) in [6.45, 7) is 10.7. The van der Waals surface area contributed by atoms with Crippen molar-refractivity contribution in [1.82, 2.24) is 14.5 Å². The van der Waals surface area contributed by atoms with Crippen molar-refractivity contribution in [2.75, 3.05) is 26.0 Å². The van der Waals surface area contributed by atoms with Crippen LogP contribution in [0.1, 0.15) is 39.3 Å². The fourth-order valence-corrected chi connectivity index (χ4v) is 1.74. The molecule has 0 radical (unpaired) electrons. The molecule has 1 aromatic rings. The number of likely N-dealkylation sites (N-methyl/N-ethyl adjacent to an activating group) is 1. The summed E-state index contributed by atoms with van der Waals surface area (Å²) in [7, 11) is 4.24. The number of aromatic nitrogens is 2. The minimum absolute atomic E-state index is 0.119. The summed E-state index contributed by atoms with van der Waals surface area (Å²) in [5, 5.41) is 3.43. The average molecular weight is 252 g/mol. The molecule has 0 saturated carbocycles. The molecule has 0 aliphatic carbocycles. The number of nitrogens with zero attached hydrogens (tertiary/aromatic N) is 3. The van der Waals surface area contributed by atoms with Crippen LogP contribution in [0.3, 0.4) is 0 Å². The van der Waals surface area contributed by atoms with Crippen LogP contribution in [0.4, 0.5) is 5.95 Å². The number of rotatable bonds is 7. The van der Waals surface area contributed by atoms with Gasteiger partial charge in [0.15, 0.2) is 0 Å². The van der Waals surface area contributed by atoms with Gasteiger partial charge in [0.25, 0.3) is 0 Å². The van der Waals surface area contributed by atoms with Crippen LogP contribution in [0, 0.1) is 6.92 Å². The van der Waals surface area contributed by atoms with Crippen LogP contribution in [0.15, 0.2) is 6.20 Å². The number of hydrogen-bond acceptors (Lipinski definition) is 3. The van der Waals surface area contributed by atoms with Crippen molar-refractivity contribution < 1.29 is 0 Å². The first-order valence-electron chi connectivity index (χ1n) is 6.82. The van der Waals surface area contributed by atoms with E-state index in [0.717, 1.165) is 24.7 Å². The minimum Gasteiger partial charge on any atom is -0.356 e. The molecule has 1 rings (SSSR count). The van der Waals surface area contributed by atoms with Crippen molar-refractivity contribution in [3.63, 3.8) is 0 Å². The number of hydrogen-bond donors (Lipinski definition) is 1. The fourth-order valence-electron chi connectivity index (χ4n) is 1.74. The second kappa shape index (κ2) is 6.23. The van der Waals surface area contributed by atoms with E-state index in [4.69, 9.17) is 0 Å². The van der Waals surface area contributed by atoms with Gasteiger partial charge in [-0.3, -0.25) is 0 Å². The van der Waals surface area contributed by atoms with E-state index in [0.29, 0.717) is 0 Å². The normalized spacial score (nSPS) is 12.2. The van der Waals surface area contributed by atoms with Crippen molar-refractivity contribution >= 4 is 5.95 Å². The Morgan fingerprint density at radius 1 is 1.39 bits per heavy atom. The van der Waals surface area contributed by atoms with Crippen LogP contribution in [-0.2, 0) is 6.54 Å². The van der Waals surface area contributed by atoms with Crippen LogP contribution in [0.2, 0.25) is 0 Å². The highest BCUT2D eigenvalue weighted by Gasteiger charge is 2.22. The zero-order valence-corrected chi connectivity index (χ0v) is 12.7. The number of imidazole rings is 1. The maximum absolute atomic E-state index is 4.56. The van der Waals surface area contributed by atoms with E-state index >= 15 is 0 Å². The van der Waals surface area contributed by atoms with E-state index in [9.17, 15) is 0 Å². The van der Waals surface area contributed by atoms with Crippen LogP contribution in [0.5, 0.6) is 0 Å². The van der Waals surface area contributed by atoms with E-state index in [-0.39, 0.29) is 5.54 Å². The highest BCUT2D eigenvalue weighted by Crippen LogP contribution is 2.17. The van der Waals surface area contributed by atoms with Crippen molar-refractivity contribution in [2.45, 2.75) is 52.6 Å². The molecule has 0 aromatic carbocycles. The van der Waals surface area contributed by atoms with Gasteiger partial charge in [-0.2, -0.15) is 0 Å². The van der Waals surface area contributed by atoms with Crippen molar-refractivity contribution in [3.05, 3.63) is 11.9 Å². The van der Waals surface area contributed by atoms with Crippen LogP contribution >= 0.6 is 0 Å². The molecule has 0 fully saturated rings. The molecule has 0 bridgehead atoms. The van der Waals surface area contributed by atoms with Gasteiger partial charge < -0.3 is 14.8 Å². The molecular formula is C14H28N4. The zero-order valence-electron chi connectivity index (χ0n) is 12.7. The average Bonchev–Trinajstić information content (AvgIpc) is 2.58. The van der Waals surface area contributed by atoms with Crippen LogP contribution in [0.25, 0.3) is 0 Å². The lowest BCUT2D eigenvalue weighted by Crippen LogP contribution is -2.42. The van der Waals surface area contributed by atoms with E-state index in [1.165, 1.54) is 12.8 Å². The van der Waals surface area contributed by atoms with Gasteiger partial charge in [-0.15, -0.1) is 0 Å². The Morgan fingerprint density at radius 2 is 2.06 bits per heavy atom. The molecule has 0 amide bonds. The Balaban J connectivity index is 2.75. The third-order valence-corrected chi connectivity index (χ3v) is 3.48. The number of nitrogens with one attached hydrogen (secondary N) is 1. The molecule has 0 saturated heterocycles. The first-order chi connectivity index (χ1) is 8.36. The Kier molecular flexibility index (Phi) is 5.20. The number of aryl methyl sites for hydroxylation is 1. The molecule has 0 unspecified atom stereocenters. The van der Waals surface area contributed by atoms with Gasteiger partial charge in [-0.1, -0.05) is 13.3 Å². The molecule has 1 heterocycles. The third kappa shape index (κ3) is 4.02. The molecule has 0 aliphatic heterocycles. The van der Waals surface area contributed by atoms with Gasteiger partial charge >= 0.3 is 0 Å². The van der Waals surface area contributed by atoms with Crippen molar-refractivity contribution in [3.8, 4) is 0 Å². The minimum atomic E-state index is 0.119. The predicted molar refractivity (Wildman–Crippen MR) is 78.1 cm³/mol. The van der Waals surface area contributed by atoms with Gasteiger partial charge in [0.2, 0.25) is 5.95 Å². The topological polar surface area (TPSA) is 33.1 Å². The largest absolute Gasteiger partial charge is 0.356 e. The first kappa shape index (κ1) is 15.0. The molecule has 18 heavy (non-hydrogen) atoms. The lowest BCUT2D eigenvalue weighted by atomic mass is 10.0. The fraction of sp³-hybridized carbons (Fsp3) is 0.786. The van der Waals surface area contributed by atoms with Gasteiger partial charge in [-0.25, -0.2) is 4.98 Å². The summed E-state index contributed by atoms with van der Waals surface area (Å²) in [5.41, 5.74) is 1.19. The summed E-state index contributed by atoms with van der Waals surface area (Å²) in [5.74, 6) is 0.996. The van der Waals surface area contributed by atoms with Crippen molar-refractivity contribution in [2.24, 2.45) is 0 Å². The monoisotopic (exact) mass is 252 g/mol. The van der Waals surface area contributed by atoms with Crippen LogP contribution in [-0.4, -0.2) is 40.6 Å². The highest BCUT2D eigenvalue weighted by atomic mass is 15.2. The lowest BCUT2D eigenvalue weighted by molar-refractivity contribution is 0.170. The molecule has 0 aliphatic rings. The molecule has 1 N–H and O–H groups in total. The van der Waals surface area contributed by atoms with Crippen molar-refractivity contribution in [1.29, 1.82) is 0 Å². The van der Waals surface area contributed by atoms with E-state index in [1.807, 2.05) is 6.92 Å². The zero-order chi connectivity index (χ0) is 13.8. The Labute approximate surface area is 111 Å². The van der Waals surface area contributed by atoms with Gasteiger partial charge in [0.05, 0.1) is 5.69 Å². The predicted octanol–water partition coefficient (Wildman–Crippen LogP) is 2.74. The molecular weight excluding hydrogens is 224 g/mol. The van der Waals surface area contributed by atoms with Gasteiger partial charge in [-0.05, 0) is 41.3 Å². The third-order valence-electron chi connectivity index (χ3n) is 3.48. The molecule has 1 aromatic heterocycles. The standard InChI is InChI=1S/C14H28N4/c1-7-8-9-15-13-16-12(2)10-18(13)11-14(3,4)17(5)6/h10H,7-9,11H2,1-6H3,(H,15,16). The maximum Gasteiger partial charge on any atom is 0.203 e. The highest BCUT2D eigenvalue weighted by molar-refractivity contribution is 5.29. The Morgan fingerprint density at radius 3 is 2.61 bits per heavy atom. The SMILES string of the molecule is CCCCNc1nc(C)cn1CC(C)(C)N(C)C. The maximum atomic E-state index is 4.56. The first-order valence-corrected chi connectivity index (χ1v) is 6.82. The van der Waals surface area contributed by atoms with E-state index < -0.39 is 0 Å². The molecule has 4 nitrogen and oxygen atoms in total. The molecule has 0 atom stereocenters. The second-order valence-electron chi connectivity index (χ2n) is 5.82. The Bertz CT molecular complexity index is 366. The summed E-state index contributed by atoms with van der Waals surface area (Å²) < 4.78 is 2.23. The van der Waals surface area contributed by atoms with Gasteiger partial charge in [0.1, 0.15) is 0 Å².